The SMILES string of the molecule is CC1=C(C(=O)Nc2cccc(C)c2C)[C@H](c2ccc(O)cc2)NC(=O)N1. The van der Waals surface area contributed by atoms with E-state index in [1.807, 2.05) is 32.0 Å². The van der Waals surface area contributed by atoms with Gasteiger partial charge in [0.2, 0.25) is 0 Å². The van der Waals surface area contributed by atoms with E-state index in [9.17, 15) is 14.7 Å². The minimum atomic E-state index is -0.602. The van der Waals surface area contributed by atoms with E-state index in [0.717, 1.165) is 16.8 Å². The molecule has 0 spiro atoms. The number of aromatic hydroxyl groups is 1. The summed E-state index contributed by atoms with van der Waals surface area (Å²) in [6.45, 7) is 5.63. The van der Waals surface area contributed by atoms with E-state index in [2.05, 4.69) is 16.0 Å². The van der Waals surface area contributed by atoms with E-state index in [0.29, 0.717) is 16.8 Å². The summed E-state index contributed by atoms with van der Waals surface area (Å²) in [6.07, 6.45) is 0. The third kappa shape index (κ3) is 3.39. The van der Waals surface area contributed by atoms with Gasteiger partial charge in [-0.05, 0) is 55.7 Å². The van der Waals surface area contributed by atoms with Gasteiger partial charge in [-0.2, -0.15) is 0 Å². The second kappa shape index (κ2) is 6.92. The number of phenols is 1. The Labute approximate surface area is 151 Å². The Morgan fingerprint density at radius 1 is 1.08 bits per heavy atom. The van der Waals surface area contributed by atoms with Crippen molar-refractivity contribution in [3.8, 4) is 5.75 Å². The number of urea groups is 1. The van der Waals surface area contributed by atoms with Crippen molar-refractivity contribution in [1.82, 2.24) is 10.6 Å². The number of carbonyl (C=O) groups excluding carboxylic acids is 2. The van der Waals surface area contributed by atoms with Crippen molar-refractivity contribution in [2.45, 2.75) is 26.8 Å². The van der Waals surface area contributed by atoms with E-state index < -0.39 is 6.04 Å². The highest BCUT2D eigenvalue weighted by atomic mass is 16.3. The number of hydrogen-bond acceptors (Lipinski definition) is 3. The van der Waals surface area contributed by atoms with Crippen LogP contribution in [0.25, 0.3) is 0 Å². The molecule has 4 N–H and O–H groups in total. The predicted molar refractivity (Wildman–Crippen MR) is 99.8 cm³/mol. The molecule has 6 heteroatoms. The summed E-state index contributed by atoms with van der Waals surface area (Å²) in [5.41, 5.74) is 4.44. The minimum Gasteiger partial charge on any atom is -0.508 e. The van der Waals surface area contributed by atoms with Gasteiger partial charge in [-0.25, -0.2) is 4.79 Å². The van der Waals surface area contributed by atoms with Crippen molar-refractivity contribution in [2.75, 3.05) is 5.32 Å². The Morgan fingerprint density at radius 3 is 2.46 bits per heavy atom. The third-order valence-corrected chi connectivity index (χ3v) is 4.59. The van der Waals surface area contributed by atoms with Gasteiger partial charge in [0.1, 0.15) is 5.75 Å². The topological polar surface area (TPSA) is 90.5 Å². The first kappa shape index (κ1) is 17.5. The Morgan fingerprint density at radius 2 is 1.77 bits per heavy atom. The van der Waals surface area contributed by atoms with Crippen LogP contribution in [-0.4, -0.2) is 17.0 Å². The van der Waals surface area contributed by atoms with Gasteiger partial charge < -0.3 is 21.1 Å². The van der Waals surface area contributed by atoms with Gasteiger partial charge in [0.05, 0.1) is 11.6 Å². The van der Waals surface area contributed by atoms with Crippen LogP contribution in [0.15, 0.2) is 53.7 Å². The van der Waals surface area contributed by atoms with Gasteiger partial charge in [-0.1, -0.05) is 24.3 Å². The lowest BCUT2D eigenvalue weighted by Crippen LogP contribution is -2.46. The van der Waals surface area contributed by atoms with Gasteiger partial charge in [0.15, 0.2) is 0 Å². The molecule has 0 saturated heterocycles. The monoisotopic (exact) mass is 351 g/mol. The molecule has 0 unspecified atom stereocenters. The summed E-state index contributed by atoms with van der Waals surface area (Å²) < 4.78 is 0. The van der Waals surface area contributed by atoms with Gasteiger partial charge in [-0.15, -0.1) is 0 Å². The second-order valence-electron chi connectivity index (χ2n) is 6.36. The summed E-state index contributed by atoms with van der Waals surface area (Å²) >= 11 is 0. The molecule has 2 aromatic rings. The second-order valence-corrected chi connectivity index (χ2v) is 6.36. The zero-order chi connectivity index (χ0) is 18.8. The summed E-state index contributed by atoms with van der Waals surface area (Å²) in [5.74, 6) is -0.169. The maximum atomic E-state index is 13.0. The summed E-state index contributed by atoms with van der Waals surface area (Å²) in [7, 11) is 0. The van der Waals surface area contributed by atoms with Crippen molar-refractivity contribution in [2.24, 2.45) is 0 Å². The molecule has 6 nitrogen and oxygen atoms in total. The predicted octanol–water partition coefficient (Wildman–Crippen LogP) is 3.28. The number of carbonyl (C=O) groups is 2. The fourth-order valence-corrected chi connectivity index (χ4v) is 2.99. The zero-order valence-electron chi connectivity index (χ0n) is 14.9. The number of amides is 3. The van der Waals surface area contributed by atoms with Crippen LogP contribution in [-0.2, 0) is 4.79 Å². The molecule has 2 aromatic carbocycles. The van der Waals surface area contributed by atoms with Crippen molar-refractivity contribution in [3.63, 3.8) is 0 Å². The molecular formula is C20H21N3O3. The molecule has 0 bridgehead atoms. The summed E-state index contributed by atoms with van der Waals surface area (Å²) in [5, 5.41) is 17.9. The minimum absolute atomic E-state index is 0.121. The Balaban J connectivity index is 1.96. The number of rotatable bonds is 3. The first-order chi connectivity index (χ1) is 12.4. The van der Waals surface area contributed by atoms with E-state index >= 15 is 0 Å². The fraction of sp³-hybridized carbons (Fsp3) is 0.200. The third-order valence-electron chi connectivity index (χ3n) is 4.59. The van der Waals surface area contributed by atoms with Crippen LogP contribution in [0.1, 0.15) is 29.7 Å². The summed E-state index contributed by atoms with van der Waals surface area (Å²) in [4.78, 5) is 24.9. The lowest BCUT2D eigenvalue weighted by atomic mass is 9.94. The first-order valence-corrected chi connectivity index (χ1v) is 8.31. The first-order valence-electron chi connectivity index (χ1n) is 8.31. The number of anilines is 1. The summed E-state index contributed by atoms with van der Waals surface area (Å²) in [6, 6.07) is 11.2. The van der Waals surface area contributed by atoms with Crippen LogP contribution in [0.2, 0.25) is 0 Å². The molecule has 134 valence electrons. The Hall–Kier alpha value is -3.28. The fourth-order valence-electron chi connectivity index (χ4n) is 2.99. The van der Waals surface area contributed by atoms with Gasteiger partial charge in [-0.3, -0.25) is 4.79 Å². The average Bonchev–Trinajstić information content (AvgIpc) is 2.59. The van der Waals surface area contributed by atoms with E-state index in [1.54, 1.807) is 19.1 Å². The number of allylic oxidation sites excluding steroid dienone is 1. The van der Waals surface area contributed by atoms with Crippen LogP contribution >= 0.6 is 0 Å². The van der Waals surface area contributed by atoms with Crippen molar-refractivity contribution >= 4 is 17.6 Å². The van der Waals surface area contributed by atoms with E-state index in [1.165, 1.54) is 12.1 Å². The molecule has 0 radical (unpaired) electrons. The molecular weight excluding hydrogens is 330 g/mol. The molecule has 3 amide bonds. The van der Waals surface area contributed by atoms with Crippen LogP contribution in [0.4, 0.5) is 10.5 Å². The maximum Gasteiger partial charge on any atom is 0.319 e. The van der Waals surface area contributed by atoms with Gasteiger partial charge in [0, 0.05) is 11.4 Å². The smallest absolute Gasteiger partial charge is 0.319 e. The standard InChI is InChI=1S/C20H21N3O3/c1-11-5-4-6-16(12(11)2)22-19(25)17-13(3)21-20(26)23-18(17)14-7-9-15(24)10-8-14/h4-10,18,24H,1-3H3,(H,22,25)(H2,21,23,26)/t18-/m0/s1. The van der Waals surface area contributed by atoms with Crippen LogP contribution < -0.4 is 16.0 Å². The number of aryl methyl sites for hydroxylation is 1. The van der Waals surface area contributed by atoms with Crippen LogP contribution in [0.3, 0.4) is 0 Å². The normalized spacial score (nSPS) is 16.7. The molecule has 26 heavy (non-hydrogen) atoms. The van der Waals surface area contributed by atoms with Gasteiger partial charge in [0.25, 0.3) is 5.91 Å². The molecule has 1 aliphatic rings. The average molecular weight is 351 g/mol. The Bertz CT molecular complexity index is 901. The highest BCUT2D eigenvalue weighted by molar-refractivity contribution is 6.07. The molecule has 0 aromatic heterocycles. The number of benzene rings is 2. The highest BCUT2D eigenvalue weighted by Gasteiger charge is 2.31. The molecule has 1 aliphatic heterocycles. The Kier molecular flexibility index (Phi) is 4.67. The van der Waals surface area contributed by atoms with Crippen molar-refractivity contribution < 1.29 is 14.7 Å². The van der Waals surface area contributed by atoms with E-state index in [-0.39, 0.29) is 17.7 Å². The highest BCUT2D eigenvalue weighted by Crippen LogP contribution is 2.29. The lowest BCUT2D eigenvalue weighted by Gasteiger charge is -2.29. The number of hydrogen-bond donors (Lipinski definition) is 4. The van der Waals surface area contributed by atoms with Gasteiger partial charge >= 0.3 is 6.03 Å². The van der Waals surface area contributed by atoms with Crippen molar-refractivity contribution in [1.29, 1.82) is 0 Å². The maximum absolute atomic E-state index is 13.0. The quantitative estimate of drug-likeness (QED) is 0.684. The van der Waals surface area contributed by atoms with Crippen molar-refractivity contribution in [3.05, 3.63) is 70.4 Å². The largest absolute Gasteiger partial charge is 0.508 e. The molecule has 0 fully saturated rings. The molecule has 0 saturated carbocycles. The molecule has 1 heterocycles. The molecule has 1 atom stereocenters. The number of phenolic OH excluding ortho intramolecular Hbond substituents is 1. The lowest BCUT2D eigenvalue weighted by molar-refractivity contribution is -0.113. The zero-order valence-corrected chi connectivity index (χ0v) is 14.9. The molecule has 0 aliphatic carbocycles. The van der Waals surface area contributed by atoms with Crippen LogP contribution in [0.5, 0.6) is 5.75 Å². The number of nitrogens with one attached hydrogen (secondary N) is 3. The van der Waals surface area contributed by atoms with Crippen LogP contribution in [0, 0.1) is 13.8 Å². The molecule has 3 rings (SSSR count). The van der Waals surface area contributed by atoms with E-state index in [4.69, 9.17) is 0 Å².